The third kappa shape index (κ3) is 4.27. The Labute approximate surface area is 142 Å². The average Bonchev–Trinajstić information content (AvgIpc) is 2.75. The molecule has 1 fully saturated rings. The number of alkyl halides is 3. The van der Waals surface area contributed by atoms with E-state index in [1.807, 2.05) is 0 Å². The minimum atomic E-state index is -4.72. The molecule has 0 atom stereocenters. The molecule has 1 aromatic rings. The van der Waals surface area contributed by atoms with Gasteiger partial charge in [-0.2, -0.15) is 0 Å². The largest absolute Gasteiger partial charge is 0.573 e. The van der Waals surface area contributed by atoms with Crippen LogP contribution in [0.1, 0.15) is 5.56 Å². The monoisotopic (exact) mass is 361 g/mol. The second-order valence-corrected chi connectivity index (χ2v) is 6.74. The molecule has 0 saturated carbocycles. The van der Waals surface area contributed by atoms with Crippen molar-refractivity contribution in [2.75, 3.05) is 38.5 Å². The van der Waals surface area contributed by atoms with Crippen LogP contribution in [0.15, 0.2) is 23.1 Å². The van der Waals surface area contributed by atoms with E-state index in [9.17, 15) is 18.0 Å². The van der Waals surface area contributed by atoms with Gasteiger partial charge in [-0.05, 0) is 23.8 Å². The summed E-state index contributed by atoms with van der Waals surface area (Å²) >= 11 is 1.54. The number of carbonyl (C=O) groups excluding carboxylic acids is 1. The van der Waals surface area contributed by atoms with E-state index in [1.54, 1.807) is 27.6 Å². The summed E-state index contributed by atoms with van der Waals surface area (Å²) in [7, 11) is 0. The summed E-state index contributed by atoms with van der Waals surface area (Å²) in [6.07, 6.45) is -4.72. The lowest BCUT2D eigenvalue weighted by Crippen LogP contribution is -2.51. The van der Waals surface area contributed by atoms with Gasteiger partial charge in [-0.3, -0.25) is 0 Å². The van der Waals surface area contributed by atoms with Crippen LogP contribution < -0.4 is 10.1 Å². The number of urea groups is 1. The molecule has 2 aliphatic heterocycles. The maximum atomic E-state index is 12.6. The molecule has 0 unspecified atom stereocenters. The molecule has 0 spiro atoms. The van der Waals surface area contributed by atoms with Crippen LogP contribution in [0.3, 0.4) is 0 Å². The van der Waals surface area contributed by atoms with E-state index < -0.39 is 6.36 Å². The molecule has 2 heterocycles. The van der Waals surface area contributed by atoms with Crippen LogP contribution in [-0.4, -0.2) is 60.7 Å². The fraction of sp³-hybridized carbons (Fsp3) is 0.533. The quantitative estimate of drug-likeness (QED) is 0.835. The van der Waals surface area contributed by atoms with Gasteiger partial charge in [0.25, 0.3) is 0 Å². The Kier molecular flexibility index (Phi) is 5.09. The second-order valence-electron chi connectivity index (χ2n) is 5.61. The predicted octanol–water partition coefficient (Wildman–Crippen LogP) is 2.52. The average molecular weight is 361 g/mol. The molecule has 1 N–H and O–H groups in total. The summed E-state index contributed by atoms with van der Waals surface area (Å²) in [5.41, 5.74) is 0.683. The molecule has 2 aliphatic rings. The van der Waals surface area contributed by atoms with Gasteiger partial charge < -0.3 is 19.9 Å². The first kappa shape index (κ1) is 17.2. The molecule has 132 valence electrons. The Bertz CT molecular complexity index is 606. The van der Waals surface area contributed by atoms with Crippen molar-refractivity contribution in [1.29, 1.82) is 0 Å². The summed E-state index contributed by atoms with van der Waals surface area (Å²) in [4.78, 5) is 17.0. The number of ether oxygens (including phenoxy) is 1. The van der Waals surface area contributed by atoms with Crippen molar-refractivity contribution in [2.24, 2.45) is 0 Å². The molecule has 2 amide bonds. The molecule has 0 aliphatic carbocycles. The van der Waals surface area contributed by atoms with Crippen molar-refractivity contribution in [3.05, 3.63) is 23.8 Å². The van der Waals surface area contributed by atoms with E-state index in [0.29, 0.717) is 37.5 Å². The van der Waals surface area contributed by atoms with Gasteiger partial charge in [-0.25, -0.2) is 4.79 Å². The summed E-state index contributed by atoms with van der Waals surface area (Å²) in [5.74, 6) is 0.461. The van der Waals surface area contributed by atoms with E-state index in [0.717, 1.165) is 18.0 Å². The molecule has 5 nitrogen and oxygen atoms in total. The van der Waals surface area contributed by atoms with Crippen molar-refractivity contribution in [1.82, 2.24) is 15.1 Å². The van der Waals surface area contributed by atoms with Gasteiger partial charge in [0.05, 0.1) is 0 Å². The summed E-state index contributed by atoms with van der Waals surface area (Å²) < 4.78 is 41.2. The number of piperazine rings is 1. The molecule has 24 heavy (non-hydrogen) atoms. The number of hydrogen-bond acceptors (Lipinski definition) is 4. The van der Waals surface area contributed by atoms with Crippen LogP contribution >= 0.6 is 11.8 Å². The van der Waals surface area contributed by atoms with E-state index in [2.05, 4.69) is 10.1 Å². The highest BCUT2D eigenvalue weighted by Crippen LogP contribution is 2.32. The highest BCUT2D eigenvalue weighted by atomic mass is 32.2. The number of rotatable bonds is 1. The zero-order valence-corrected chi connectivity index (χ0v) is 13.8. The molecular formula is C15H18F3N3O2S. The highest BCUT2D eigenvalue weighted by molar-refractivity contribution is 7.99. The Hall–Kier alpha value is -1.61. The standard InChI is InChI=1S/C15H18F3N3O2S/c16-15(17,18)23-12-1-2-13-11(9-12)10-21(7-8-24-13)14(22)20-5-3-19-4-6-20/h1-2,9,19H,3-8,10H2. The van der Waals surface area contributed by atoms with Crippen LogP contribution in [0.4, 0.5) is 18.0 Å². The smallest absolute Gasteiger partial charge is 0.406 e. The second kappa shape index (κ2) is 7.10. The summed E-state index contributed by atoms with van der Waals surface area (Å²) in [6.45, 7) is 3.67. The zero-order chi connectivity index (χ0) is 17.2. The SMILES string of the molecule is O=C(N1CCNCC1)N1CCSc2ccc(OC(F)(F)F)cc2C1. The molecule has 0 bridgehead atoms. The number of carbonyl (C=O) groups is 1. The number of nitrogens with zero attached hydrogens (tertiary/aromatic N) is 2. The number of halogens is 3. The molecule has 1 saturated heterocycles. The Balaban J connectivity index is 1.75. The number of benzene rings is 1. The topological polar surface area (TPSA) is 44.8 Å². The van der Waals surface area contributed by atoms with Crippen LogP contribution in [0.2, 0.25) is 0 Å². The van der Waals surface area contributed by atoms with Gasteiger partial charge in [0, 0.05) is 49.9 Å². The summed E-state index contributed by atoms with van der Waals surface area (Å²) in [5, 5.41) is 3.19. The normalized spacial score (nSPS) is 18.8. The maximum Gasteiger partial charge on any atom is 0.573 e. The van der Waals surface area contributed by atoms with Crippen molar-refractivity contribution in [3.8, 4) is 5.75 Å². The van der Waals surface area contributed by atoms with Gasteiger partial charge >= 0.3 is 12.4 Å². The molecular weight excluding hydrogens is 343 g/mol. The maximum absolute atomic E-state index is 12.6. The Morgan fingerprint density at radius 1 is 1.17 bits per heavy atom. The fourth-order valence-corrected chi connectivity index (χ4v) is 3.79. The van der Waals surface area contributed by atoms with E-state index in [1.165, 1.54) is 12.1 Å². The van der Waals surface area contributed by atoms with Crippen LogP contribution in [0.25, 0.3) is 0 Å². The molecule has 3 rings (SSSR count). The van der Waals surface area contributed by atoms with Gasteiger partial charge in [0.15, 0.2) is 0 Å². The van der Waals surface area contributed by atoms with Gasteiger partial charge in [-0.1, -0.05) is 0 Å². The van der Waals surface area contributed by atoms with Crippen molar-refractivity contribution < 1.29 is 22.7 Å². The van der Waals surface area contributed by atoms with E-state index >= 15 is 0 Å². The molecule has 9 heteroatoms. The van der Waals surface area contributed by atoms with E-state index in [-0.39, 0.29) is 11.8 Å². The highest BCUT2D eigenvalue weighted by Gasteiger charge is 2.32. The predicted molar refractivity (Wildman–Crippen MR) is 84.1 cm³/mol. The van der Waals surface area contributed by atoms with Crippen molar-refractivity contribution in [2.45, 2.75) is 17.8 Å². The third-order valence-corrected chi connectivity index (χ3v) is 5.00. The van der Waals surface area contributed by atoms with Crippen LogP contribution in [-0.2, 0) is 6.54 Å². The van der Waals surface area contributed by atoms with Gasteiger partial charge in [-0.15, -0.1) is 24.9 Å². The molecule has 1 aromatic carbocycles. The molecule has 0 radical (unpaired) electrons. The third-order valence-electron chi connectivity index (χ3n) is 3.90. The number of nitrogens with one attached hydrogen (secondary N) is 1. The minimum absolute atomic E-state index is 0.0629. The van der Waals surface area contributed by atoms with Crippen molar-refractivity contribution >= 4 is 17.8 Å². The fourth-order valence-electron chi connectivity index (χ4n) is 2.79. The lowest BCUT2D eigenvalue weighted by molar-refractivity contribution is -0.274. The minimum Gasteiger partial charge on any atom is -0.406 e. The molecule has 0 aromatic heterocycles. The van der Waals surface area contributed by atoms with E-state index in [4.69, 9.17) is 0 Å². The number of fused-ring (bicyclic) bond motifs is 1. The van der Waals surface area contributed by atoms with Crippen LogP contribution in [0.5, 0.6) is 5.75 Å². The summed E-state index contributed by atoms with van der Waals surface area (Å²) in [6, 6.07) is 4.25. The van der Waals surface area contributed by atoms with Crippen molar-refractivity contribution in [3.63, 3.8) is 0 Å². The Morgan fingerprint density at radius 3 is 2.62 bits per heavy atom. The van der Waals surface area contributed by atoms with Crippen LogP contribution in [0, 0.1) is 0 Å². The lowest BCUT2D eigenvalue weighted by atomic mass is 10.2. The Morgan fingerprint density at radius 2 is 1.92 bits per heavy atom. The van der Waals surface area contributed by atoms with Gasteiger partial charge in [0.2, 0.25) is 0 Å². The van der Waals surface area contributed by atoms with Gasteiger partial charge in [0.1, 0.15) is 5.75 Å². The lowest BCUT2D eigenvalue weighted by Gasteiger charge is -2.32. The zero-order valence-electron chi connectivity index (χ0n) is 12.9. The first-order valence-corrected chi connectivity index (χ1v) is 8.67. The number of amides is 2. The first-order chi connectivity index (χ1) is 11.4. The first-order valence-electron chi connectivity index (χ1n) is 7.68. The number of thioether (sulfide) groups is 1. The number of hydrogen-bond donors (Lipinski definition) is 1.